The lowest BCUT2D eigenvalue weighted by Gasteiger charge is -2.36. The summed E-state index contributed by atoms with van der Waals surface area (Å²) in [5.41, 5.74) is 5.32. The van der Waals surface area contributed by atoms with Crippen LogP contribution in [0.25, 0.3) is 0 Å². The highest BCUT2D eigenvalue weighted by molar-refractivity contribution is 5.81. The molecule has 0 radical (unpaired) electrons. The van der Waals surface area contributed by atoms with E-state index in [0.29, 0.717) is 13.0 Å². The van der Waals surface area contributed by atoms with Crippen molar-refractivity contribution in [2.75, 3.05) is 13.2 Å². The van der Waals surface area contributed by atoms with Gasteiger partial charge in [0.2, 0.25) is 5.91 Å². The van der Waals surface area contributed by atoms with Gasteiger partial charge in [0.1, 0.15) is 0 Å². The molecule has 1 aromatic rings. The first-order valence-corrected chi connectivity index (χ1v) is 6.98. The van der Waals surface area contributed by atoms with Crippen molar-refractivity contribution in [3.05, 3.63) is 24.3 Å². The molecule has 1 saturated heterocycles. The van der Waals surface area contributed by atoms with E-state index in [2.05, 4.69) is 0 Å². The SMILES string of the molecule is CC1CCC(C(N)=O)CN1C(=O)COc1ccccc1O. The number of piperidine rings is 1. The first kappa shape index (κ1) is 15.2. The summed E-state index contributed by atoms with van der Waals surface area (Å²) in [6.45, 7) is 2.10. The quantitative estimate of drug-likeness (QED) is 0.861. The van der Waals surface area contributed by atoms with Crippen molar-refractivity contribution in [3.8, 4) is 11.5 Å². The van der Waals surface area contributed by atoms with E-state index in [1.807, 2.05) is 6.92 Å². The third kappa shape index (κ3) is 3.65. The van der Waals surface area contributed by atoms with Crippen LogP contribution in [0.15, 0.2) is 24.3 Å². The predicted octanol–water partition coefficient (Wildman–Crippen LogP) is 0.883. The molecule has 2 rings (SSSR count). The molecule has 0 saturated carbocycles. The van der Waals surface area contributed by atoms with E-state index in [1.165, 1.54) is 6.07 Å². The number of hydrogen-bond donors (Lipinski definition) is 2. The first-order chi connectivity index (χ1) is 9.99. The van der Waals surface area contributed by atoms with E-state index >= 15 is 0 Å². The standard InChI is InChI=1S/C15H20N2O4/c1-10-6-7-11(15(16)20)8-17(10)14(19)9-21-13-5-3-2-4-12(13)18/h2-5,10-11,18H,6-9H2,1H3,(H2,16,20). The Morgan fingerprint density at radius 3 is 2.76 bits per heavy atom. The van der Waals surface area contributed by atoms with Gasteiger partial charge in [-0.05, 0) is 31.9 Å². The second-order valence-corrected chi connectivity index (χ2v) is 5.33. The fraction of sp³-hybridized carbons (Fsp3) is 0.467. The minimum absolute atomic E-state index is 0.00740. The topological polar surface area (TPSA) is 92.9 Å². The van der Waals surface area contributed by atoms with Gasteiger partial charge in [-0.2, -0.15) is 0 Å². The minimum atomic E-state index is -0.374. The van der Waals surface area contributed by atoms with E-state index in [1.54, 1.807) is 23.1 Å². The Kier molecular flexibility index (Phi) is 4.67. The second-order valence-electron chi connectivity index (χ2n) is 5.33. The van der Waals surface area contributed by atoms with Crippen molar-refractivity contribution in [3.63, 3.8) is 0 Å². The number of carbonyl (C=O) groups is 2. The van der Waals surface area contributed by atoms with Gasteiger partial charge in [-0.1, -0.05) is 12.1 Å². The highest BCUT2D eigenvalue weighted by Crippen LogP contribution is 2.25. The number of hydrogen-bond acceptors (Lipinski definition) is 4. The van der Waals surface area contributed by atoms with Gasteiger partial charge in [-0.15, -0.1) is 0 Å². The van der Waals surface area contributed by atoms with Gasteiger partial charge < -0.3 is 20.5 Å². The highest BCUT2D eigenvalue weighted by Gasteiger charge is 2.31. The van der Waals surface area contributed by atoms with E-state index in [-0.39, 0.29) is 41.9 Å². The predicted molar refractivity (Wildman–Crippen MR) is 76.7 cm³/mol. The van der Waals surface area contributed by atoms with E-state index in [9.17, 15) is 14.7 Å². The van der Waals surface area contributed by atoms with Crippen molar-refractivity contribution in [1.82, 2.24) is 4.90 Å². The number of nitrogens with zero attached hydrogens (tertiary/aromatic N) is 1. The molecule has 0 spiro atoms. The number of rotatable bonds is 4. The van der Waals surface area contributed by atoms with Gasteiger partial charge in [-0.3, -0.25) is 9.59 Å². The lowest BCUT2D eigenvalue weighted by Crippen LogP contribution is -2.50. The molecule has 1 aliphatic heterocycles. The lowest BCUT2D eigenvalue weighted by molar-refractivity contribution is -0.139. The Balaban J connectivity index is 1.95. The van der Waals surface area contributed by atoms with E-state index in [0.717, 1.165) is 6.42 Å². The number of phenols is 1. The number of ether oxygens (including phenoxy) is 1. The molecular formula is C15H20N2O4. The monoisotopic (exact) mass is 292 g/mol. The van der Waals surface area contributed by atoms with E-state index < -0.39 is 0 Å². The zero-order valence-electron chi connectivity index (χ0n) is 12.0. The molecule has 6 nitrogen and oxygen atoms in total. The van der Waals surface area contributed by atoms with Gasteiger partial charge >= 0.3 is 0 Å². The fourth-order valence-electron chi connectivity index (χ4n) is 2.49. The Hall–Kier alpha value is -2.24. The van der Waals surface area contributed by atoms with Crippen LogP contribution < -0.4 is 10.5 Å². The molecule has 1 fully saturated rings. The summed E-state index contributed by atoms with van der Waals surface area (Å²) in [4.78, 5) is 25.1. The number of likely N-dealkylation sites (tertiary alicyclic amines) is 1. The Morgan fingerprint density at radius 2 is 2.10 bits per heavy atom. The number of primary amides is 1. The Labute approximate surface area is 123 Å². The fourth-order valence-corrected chi connectivity index (χ4v) is 2.49. The van der Waals surface area contributed by atoms with Crippen LogP contribution in [0.5, 0.6) is 11.5 Å². The van der Waals surface area contributed by atoms with Crippen molar-refractivity contribution >= 4 is 11.8 Å². The summed E-state index contributed by atoms with van der Waals surface area (Å²) in [7, 11) is 0. The average Bonchev–Trinajstić information content (AvgIpc) is 2.46. The zero-order chi connectivity index (χ0) is 15.4. The number of nitrogens with two attached hydrogens (primary N) is 1. The van der Waals surface area contributed by atoms with Crippen molar-refractivity contribution in [2.24, 2.45) is 11.7 Å². The molecule has 0 aliphatic carbocycles. The number of amides is 2. The van der Waals surface area contributed by atoms with Crippen molar-refractivity contribution < 1.29 is 19.4 Å². The van der Waals surface area contributed by atoms with Gasteiger partial charge in [0.25, 0.3) is 5.91 Å². The number of carbonyl (C=O) groups excluding carboxylic acids is 2. The molecule has 3 N–H and O–H groups in total. The van der Waals surface area contributed by atoms with Gasteiger partial charge in [0.15, 0.2) is 18.1 Å². The van der Waals surface area contributed by atoms with Crippen LogP contribution >= 0.6 is 0 Å². The van der Waals surface area contributed by atoms with Crippen LogP contribution in [0.4, 0.5) is 0 Å². The largest absolute Gasteiger partial charge is 0.504 e. The van der Waals surface area contributed by atoms with Crippen LogP contribution in [-0.2, 0) is 9.59 Å². The van der Waals surface area contributed by atoms with Crippen molar-refractivity contribution in [1.29, 1.82) is 0 Å². The molecule has 2 atom stereocenters. The molecule has 1 aliphatic rings. The smallest absolute Gasteiger partial charge is 0.260 e. The van der Waals surface area contributed by atoms with Gasteiger partial charge in [0, 0.05) is 12.6 Å². The minimum Gasteiger partial charge on any atom is -0.504 e. The maximum atomic E-state index is 12.2. The number of aromatic hydroxyl groups is 1. The van der Waals surface area contributed by atoms with Crippen molar-refractivity contribution in [2.45, 2.75) is 25.8 Å². The zero-order valence-corrected chi connectivity index (χ0v) is 12.0. The average molecular weight is 292 g/mol. The molecule has 114 valence electrons. The Bertz CT molecular complexity index is 532. The molecule has 21 heavy (non-hydrogen) atoms. The number of benzene rings is 1. The number of para-hydroxylation sites is 2. The van der Waals surface area contributed by atoms with Crippen LogP contribution in [0.1, 0.15) is 19.8 Å². The summed E-state index contributed by atoms with van der Waals surface area (Å²) in [5, 5.41) is 9.59. The first-order valence-electron chi connectivity index (χ1n) is 6.98. The summed E-state index contributed by atoms with van der Waals surface area (Å²) in [6.07, 6.45) is 1.45. The summed E-state index contributed by atoms with van der Waals surface area (Å²) in [5.74, 6) is -0.623. The molecule has 0 aromatic heterocycles. The Morgan fingerprint density at radius 1 is 1.38 bits per heavy atom. The van der Waals surface area contributed by atoms with Gasteiger partial charge in [0.05, 0.1) is 5.92 Å². The molecule has 2 amide bonds. The molecule has 1 heterocycles. The maximum absolute atomic E-state index is 12.2. The van der Waals surface area contributed by atoms with Gasteiger partial charge in [-0.25, -0.2) is 0 Å². The third-order valence-electron chi connectivity index (χ3n) is 3.82. The summed E-state index contributed by atoms with van der Waals surface area (Å²) in [6, 6.07) is 6.53. The highest BCUT2D eigenvalue weighted by atomic mass is 16.5. The lowest BCUT2D eigenvalue weighted by atomic mass is 9.93. The maximum Gasteiger partial charge on any atom is 0.260 e. The molecule has 0 bridgehead atoms. The number of phenolic OH excluding ortho intramolecular Hbond substituents is 1. The van der Waals surface area contributed by atoms with Crippen LogP contribution in [-0.4, -0.2) is 41.0 Å². The second kappa shape index (κ2) is 6.47. The van der Waals surface area contributed by atoms with Crippen LogP contribution in [0.2, 0.25) is 0 Å². The third-order valence-corrected chi connectivity index (χ3v) is 3.82. The molecular weight excluding hydrogens is 272 g/mol. The summed E-state index contributed by atoms with van der Waals surface area (Å²) < 4.78 is 5.34. The molecule has 6 heteroatoms. The molecule has 1 aromatic carbocycles. The van der Waals surface area contributed by atoms with E-state index in [4.69, 9.17) is 10.5 Å². The normalized spacial score (nSPS) is 21.9. The summed E-state index contributed by atoms with van der Waals surface area (Å²) >= 11 is 0. The molecule has 2 unspecified atom stereocenters. The van der Waals surface area contributed by atoms with Crippen LogP contribution in [0, 0.1) is 5.92 Å². The van der Waals surface area contributed by atoms with Crippen LogP contribution in [0.3, 0.4) is 0 Å².